The minimum absolute atomic E-state index is 0.0513. The van der Waals surface area contributed by atoms with E-state index in [-0.39, 0.29) is 17.6 Å². The summed E-state index contributed by atoms with van der Waals surface area (Å²) in [6, 6.07) is 7.68. The van der Waals surface area contributed by atoms with Gasteiger partial charge < -0.3 is 10.2 Å². The van der Waals surface area contributed by atoms with Gasteiger partial charge in [0.05, 0.1) is 16.9 Å². The Kier molecular flexibility index (Phi) is 9.10. The molecular formula is C27H36Cl2FN5O. The summed E-state index contributed by atoms with van der Waals surface area (Å²) >= 11 is 12.5. The normalized spacial score (nSPS) is 20.2. The first-order valence-electron chi connectivity index (χ1n) is 12.9. The van der Waals surface area contributed by atoms with Crippen molar-refractivity contribution >= 4 is 40.6 Å². The lowest BCUT2D eigenvalue weighted by Gasteiger charge is -2.47. The summed E-state index contributed by atoms with van der Waals surface area (Å²) in [7, 11) is 0. The number of hydrogen-bond donors (Lipinski definition) is 1. The number of piperidine rings is 1. The quantitative estimate of drug-likeness (QED) is 0.493. The van der Waals surface area contributed by atoms with Crippen LogP contribution in [0.4, 0.5) is 15.9 Å². The summed E-state index contributed by atoms with van der Waals surface area (Å²) in [5.74, 6) is 0.392. The van der Waals surface area contributed by atoms with Gasteiger partial charge in [0.15, 0.2) is 0 Å². The Labute approximate surface area is 223 Å². The summed E-state index contributed by atoms with van der Waals surface area (Å²) < 4.78 is 14.2. The summed E-state index contributed by atoms with van der Waals surface area (Å²) in [5.41, 5.74) is 1.33. The number of rotatable bonds is 7. The molecule has 9 heteroatoms. The molecule has 36 heavy (non-hydrogen) atoms. The monoisotopic (exact) mass is 535 g/mol. The molecule has 0 bridgehead atoms. The Morgan fingerprint density at radius 3 is 2.56 bits per heavy atom. The van der Waals surface area contributed by atoms with Crippen LogP contribution < -0.4 is 10.2 Å². The third-order valence-corrected chi connectivity index (χ3v) is 7.86. The van der Waals surface area contributed by atoms with Crippen molar-refractivity contribution in [3.8, 4) is 0 Å². The van der Waals surface area contributed by atoms with Crippen LogP contribution in [0.5, 0.6) is 0 Å². The van der Waals surface area contributed by atoms with Gasteiger partial charge in [0, 0.05) is 54.8 Å². The maximum Gasteiger partial charge on any atom is 0.226 e. The standard InChI is InChI=1S/C27H36Cl2FN5O/c1-4-22-17-34(26-24(29)14-21(15-31-26)32-27(36)18(2)3)11-12-35(22)23-7-9-33(10-8-23)16-19-5-6-20(28)13-25(19)30/h5-6,13-15,18,22-23H,4,7-12,16-17H2,1-3H3,(H,32,36)/t22-/m0/s1. The highest BCUT2D eigenvalue weighted by Crippen LogP contribution is 2.31. The van der Waals surface area contributed by atoms with Gasteiger partial charge in [0.2, 0.25) is 5.91 Å². The molecule has 2 aromatic rings. The second-order valence-corrected chi connectivity index (χ2v) is 11.0. The number of pyridine rings is 1. The van der Waals surface area contributed by atoms with Crippen molar-refractivity contribution in [2.45, 2.75) is 58.7 Å². The molecule has 0 unspecified atom stereocenters. The van der Waals surface area contributed by atoms with E-state index in [2.05, 4.69) is 31.9 Å². The zero-order valence-electron chi connectivity index (χ0n) is 21.3. The predicted octanol–water partition coefficient (Wildman–Crippen LogP) is 5.69. The molecule has 2 aliphatic rings. The van der Waals surface area contributed by atoms with Crippen LogP contribution in [0.2, 0.25) is 10.0 Å². The number of halogens is 3. The summed E-state index contributed by atoms with van der Waals surface area (Å²) in [4.78, 5) is 23.8. The number of piperazine rings is 1. The highest BCUT2D eigenvalue weighted by molar-refractivity contribution is 6.33. The van der Waals surface area contributed by atoms with E-state index in [1.807, 2.05) is 13.8 Å². The number of benzene rings is 1. The highest BCUT2D eigenvalue weighted by Gasteiger charge is 2.34. The molecule has 0 aliphatic carbocycles. The molecule has 196 valence electrons. The first-order chi connectivity index (χ1) is 17.2. The molecule has 1 aromatic carbocycles. The van der Waals surface area contributed by atoms with Crippen LogP contribution in [0.15, 0.2) is 30.5 Å². The molecule has 0 saturated carbocycles. The summed E-state index contributed by atoms with van der Waals surface area (Å²) in [6.45, 7) is 11.2. The van der Waals surface area contributed by atoms with Gasteiger partial charge in [-0.2, -0.15) is 0 Å². The van der Waals surface area contributed by atoms with Crippen LogP contribution in [0.3, 0.4) is 0 Å². The summed E-state index contributed by atoms with van der Waals surface area (Å²) in [5, 5.41) is 3.86. The average Bonchev–Trinajstić information content (AvgIpc) is 2.86. The molecule has 6 nitrogen and oxygen atoms in total. The Morgan fingerprint density at radius 1 is 1.17 bits per heavy atom. The molecule has 0 spiro atoms. The van der Waals surface area contributed by atoms with Crippen LogP contribution in [0.25, 0.3) is 0 Å². The van der Waals surface area contributed by atoms with Gasteiger partial charge >= 0.3 is 0 Å². The topological polar surface area (TPSA) is 51.7 Å². The number of aromatic nitrogens is 1. The van der Waals surface area contributed by atoms with Gasteiger partial charge in [-0.05, 0) is 50.6 Å². The second-order valence-electron chi connectivity index (χ2n) is 10.2. The molecule has 4 rings (SSSR count). The number of amides is 1. The van der Waals surface area contributed by atoms with E-state index in [9.17, 15) is 9.18 Å². The smallest absolute Gasteiger partial charge is 0.226 e. The number of nitrogens with one attached hydrogen (secondary N) is 1. The lowest BCUT2D eigenvalue weighted by atomic mass is 9.97. The van der Waals surface area contributed by atoms with Crippen molar-refractivity contribution in [2.24, 2.45) is 5.92 Å². The number of carbonyl (C=O) groups excluding carboxylic acids is 1. The molecular weight excluding hydrogens is 500 g/mol. The molecule has 2 saturated heterocycles. The van der Waals surface area contributed by atoms with Crippen molar-refractivity contribution in [2.75, 3.05) is 42.9 Å². The Hall–Kier alpha value is -1.93. The van der Waals surface area contributed by atoms with E-state index in [0.717, 1.165) is 57.8 Å². The molecule has 1 atom stereocenters. The number of likely N-dealkylation sites (tertiary alicyclic amines) is 1. The maximum absolute atomic E-state index is 14.2. The number of anilines is 2. The van der Waals surface area contributed by atoms with Crippen molar-refractivity contribution in [1.82, 2.24) is 14.8 Å². The third kappa shape index (κ3) is 6.49. The van der Waals surface area contributed by atoms with Crippen molar-refractivity contribution < 1.29 is 9.18 Å². The van der Waals surface area contributed by atoms with Crippen molar-refractivity contribution in [3.63, 3.8) is 0 Å². The third-order valence-electron chi connectivity index (χ3n) is 7.35. The van der Waals surface area contributed by atoms with Crippen molar-refractivity contribution in [3.05, 3.63) is 51.9 Å². The van der Waals surface area contributed by atoms with E-state index in [1.54, 1.807) is 24.4 Å². The van der Waals surface area contributed by atoms with E-state index in [4.69, 9.17) is 23.2 Å². The summed E-state index contributed by atoms with van der Waals surface area (Å²) in [6.07, 6.45) is 4.89. The van der Waals surface area contributed by atoms with Gasteiger partial charge in [-0.15, -0.1) is 0 Å². The molecule has 3 heterocycles. The Balaban J connectivity index is 1.33. The van der Waals surface area contributed by atoms with Gasteiger partial charge in [-0.1, -0.05) is 50.0 Å². The largest absolute Gasteiger partial charge is 0.353 e. The van der Waals surface area contributed by atoms with E-state index in [1.165, 1.54) is 6.07 Å². The molecule has 1 N–H and O–H groups in total. The minimum atomic E-state index is -0.227. The van der Waals surface area contributed by atoms with E-state index >= 15 is 0 Å². The lowest BCUT2D eigenvalue weighted by molar-refractivity contribution is -0.118. The fourth-order valence-electron chi connectivity index (χ4n) is 5.22. The number of carbonyl (C=O) groups is 1. The Morgan fingerprint density at radius 2 is 1.92 bits per heavy atom. The minimum Gasteiger partial charge on any atom is -0.353 e. The van der Waals surface area contributed by atoms with Crippen LogP contribution in [-0.4, -0.2) is 65.5 Å². The fourth-order valence-corrected chi connectivity index (χ4v) is 5.67. The van der Waals surface area contributed by atoms with Crippen molar-refractivity contribution in [1.29, 1.82) is 0 Å². The Bertz CT molecular complexity index is 1060. The molecule has 0 radical (unpaired) electrons. The molecule has 2 aliphatic heterocycles. The second kappa shape index (κ2) is 12.1. The maximum atomic E-state index is 14.2. The van der Waals surface area contributed by atoms with Gasteiger partial charge in [-0.25, -0.2) is 9.37 Å². The van der Waals surface area contributed by atoms with Crippen LogP contribution in [0.1, 0.15) is 45.6 Å². The molecule has 1 amide bonds. The average molecular weight is 537 g/mol. The van der Waals surface area contributed by atoms with E-state index < -0.39 is 0 Å². The van der Waals surface area contributed by atoms with Crippen LogP contribution in [-0.2, 0) is 11.3 Å². The van der Waals surface area contributed by atoms with E-state index in [0.29, 0.717) is 39.9 Å². The van der Waals surface area contributed by atoms with Gasteiger partial charge in [0.1, 0.15) is 11.6 Å². The zero-order valence-corrected chi connectivity index (χ0v) is 22.8. The SMILES string of the molecule is CC[C@H]1CN(c2ncc(NC(=O)C(C)C)cc2Cl)CCN1C1CCN(Cc2ccc(Cl)cc2F)CC1. The highest BCUT2D eigenvalue weighted by atomic mass is 35.5. The van der Waals surface area contributed by atoms with Gasteiger partial charge in [0.25, 0.3) is 0 Å². The zero-order chi connectivity index (χ0) is 25.8. The van der Waals surface area contributed by atoms with Crippen LogP contribution >= 0.6 is 23.2 Å². The number of nitrogens with zero attached hydrogens (tertiary/aromatic N) is 4. The first kappa shape index (κ1) is 27.1. The number of hydrogen-bond acceptors (Lipinski definition) is 5. The first-order valence-corrected chi connectivity index (χ1v) is 13.6. The fraction of sp³-hybridized carbons (Fsp3) is 0.556. The van der Waals surface area contributed by atoms with Crippen LogP contribution in [0, 0.1) is 11.7 Å². The predicted molar refractivity (Wildman–Crippen MR) is 145 cm³/mol. The van der Waals surface area contributed by atoms with Gasteiger partial charge in [-0.3, -0.25) is 14.6 Å². The molecule has 2 fully saturated rings. The lowest BCUT2D eigenvalue weighted by Crippen LogP contribution is -2.58. The molecule has 1 aromatic heterocycles.